The average molecular weight is 405 g/mol. The Kier molecular flexibility index (Phi) is 4.38. The molecule has 3 aromatic rings. The predicted molar refractivity (Wildman–Crippen MR) is 114 cm³/mol. The van der Waals surface area contributed by atoms with Crippen molar-refractivity contribution in [2.75, 3.05) is 4.90 Å². The van der Waals surface area contributed by atoms with Crippen molar-refractivity contribution in [2.45, 2.75) is 45.2 Å². The van der Waals surface area contributed by atoms with Crippen LogP contribution in [0.5, 0.6) is 0 Å². The minimum Gasteiger partial charge on any atom is -0.356 e. The summed E-state index contributed by atoms with van der Waals surface area (Å²) in [4.78, 5) is 33.5. The minimum atomic E-state index is -0.542. The van der Waals surface area contributed by atoms with Crippen molar-refractivity contribution in [3.63, 3.8) is 0 Å². The van der Waals surface area contributed by atoms with E-state index in [0.29, 0.717) is 12.1 Å². The van der Waals surface area contributed by atoms with Gasteiger partial charge in [-0.3, -0.25) is 4.79 Å². The number of nitrogens with one attached hydrogen (secondary N) is 1. The molecule has 0 unspecified atom stereocenters. The van der Waals surface area contributed by atoms with E-state index in [1.807, 2.05) is 18.2 Å². The number of carbonyl (C=O) groups is 2. The summed E-state index contributed by atoms with van der Waals surface area (Å²) >= 11 is 0. The number of benzene rings is 2. The van der Waals surface area contributed by atoms with E-state index < -0.39 is 11.9 Å². The molecular formula is C24H24FN3O2. The molecule has 3 amide bonds. The summed E-state index contributed by atoms with van der Waals surface area (Å²) in [6.07, 6.45) is 2.28. The molecule has 0 radical (unpaired) electrons. The zero-order valence-electron chi connectivity index (χ0n) is 17.1. The first-order valence-corrected chi connectivity index (χ1v) is 10.6. The zero-order chi connectivity index (χ0) is 21.0. The van der Waals surface area contributed by atoms with Gasteiger partial charge in [0.1, 0.15) is 11.9 Å². The van der Waals surface area contributed by atoms with Gasteiger partial charge >= 0.3 is 6.03 Å². The molecule has 2 atom stereocenters. The normalized spacial score (nSPS) is 20.9. The van der Waals surface area contributed by atoms with Gasteiger partial charge in [-0.2, -0.15) is 0 Å². The maximum atomic E-state index is 13.5. The molecule has 30 heavy (non-hydrogen) atoms. The molecule has 5 nitrogen and oxygen atoms in total. The molecule has 1 N–H and O–H groups in total. The number of aromatic amines is 1. The molecule has 2 aromatic carbocycles. The third-order valence-corrected chi connectivity index (χ3v) is 6.67. The van der Waals surface area contributed by atoms with Gasteiger partial charge in [-0.1, -0.05) is 44.9 Å². The first-order chi connectivity index (χ1) is 14.5. The molecule has 3 heterocycles. The third-order valence-electron chi connectivity index (χ3n) is 6.67. The molecule has 0 bridgehead atoms. The van der Waals surface area contributed by atoms with Gasteiger partial charge in [0.25, 0.3) is 5.91 Å². The zero-order valence-corrected chi connectivity index (χ0v) is 17.1. The topological polar surface area (TPSA) is 56.4 Å². The van der Waals surface area contributed by atoms with Gasteiger partial charge in [-0.25, -0.2) is 14.1 Å². The largest absolute Gasteiger partial charge is 0.356 e. The standard InChI is InChI=1S/C24H24FN3O2/c1-3-14(4-2)22-21-18(17-7-5-6-8-19(17)26-21)13-20-23(29)27(24(30)28(20)22)16-11-9-15(25)10-12-16/h5-12,14,20,22,26H,3-4,13H2,1-2H3/t20-,22+/m0/s1. The second-order valence-electron chi connectivity index (χ2n) is 8.14. The minimum absolute atomic E-state index is 0.192. The monoisotopic (exact) mass is 405 g/mol. The molecule has 1 fully saturated rings. The number of anilines is 1. The summed E-state index contributed by atoms with van der Waals surface area (Å²) < 4.78 is 13.4. The van der Waals surface area contributed by atoms with Crippen LogP contribution in [-0.4, -0.2) is 27.9 Å². The van der Waals surface area contributed by atoms with E-state index in [4.69, 9.17) is 0 Å². The molecule has 0 aliphatic carbocycles. The molecule has 2 aliphatic heterocycles. The molecule has 0 saturated carbocycles. The summed E-state index contributed by atoms with van der Waals surface area (Å²) in [6, 6.07) is 12.6. The molecule has 2 aliphatic rings. The van der Waals surface area contributed by atoms with Crippen LogP contribution in [0.4, 0.5) is 14.9 Å². The lowest BCUT2D eigenvalue weighted by Gasteiger charge is -2.39. The highest BCUT2D eigenvalue weighted by molar-refractivity contribution is 6.21. The highest BCUT2D eigenvalue weighted by Gasteiger charge is 2.53. The quantitative estimate of drug-likeness (QED) is 0.608. The molecule has 1 saturated heterocycles. The predicted octanol–water partition coefficient (Wildman–Crippen LogP) is 5.18. The van der Waals surface area contributed by atoms with E-state index in [1.165, 1.54) is 29.2 Å². The molecular weight excluding hydrogens is 381 g/mol. The molecule has 6 heteroatoms. The highest BCUT2D eigenvalue weighted by Crippen LogP contribution is 2.46. The van der Waals surface area contributed by atoms with Crippen molar-refractivity contribution < 1.29 is 14.0 Å². The van der Waals surface area contributed by atoms with E-state index in [1.54, 1.807) is 4.90 Å². The van der Waals surface area contributed by atoms with Gasteiger partial charge in [0, 0.05) is 23.0 Å². The van der Waals surface area contributed by atoms with Gasteiger partial charge in [0.2, 0.25) is 0 Å². The number of nitrogens with zero attached hydrogens (tertiary/aromatic N) is 2. The summed E-state index contributed by atoms with van der Waals surface area (Å²) in [5.74, 6) is -0.407. The van der Waals surface area contributed by atoms with Crippen LogP contribution in [0.3, 0.4) is 0 Å². The summed E-state index contributed by atoms with van der Waals surface area (Å²) in [5.41, 5.74) is 3.63. The van der Waals surface area contributed by atoms with Crippen LogP contribution in [0, 0.1) is 11.7 Å². The van der Waals surface area contributed by atoms with Crippen LogP contribution < -0.4 is 4.90 Å². The number of imide groups is 1. The van der Waals surface area contributed by atoms with Crippen molar-refractivity contribution in [3.05, 3.63) is 65.6 Å². The van der Waals surface area contributed by atoms with E-state index in [9.17, 15) is 14.0 Å². The average Bonchev–Trinajstić information content (AvgIpc) is 3.25. The number of H-pyrrole nitrogens is 1. The molecule has 0 spiro atoms. The van der Waals surface area contributed by atoms with Crippen LogP contribution in [0.15, 0.2) is 48.5 Å². The van der Waals surface area contributed by atoms with Crippen LogP contribution in [-0.2, 0) is 11.2 Å². The number of rotatable bonds is 4. The Morgan fingerprint density at radius 1 is 1.07 bits per heavy atom. The lowest BCUT2D eigenvalue weighted by Crippen LogP contribution is -2.46. The van der Waals surface area contributed by atoms with E-state index >= 15 is 0 Å². The van der Waals surface area contributed by atoms with Gasteiger partial charge in [-0.15, -0.1) is 0 Å². The lowest BCUT2D eigenvalue weighted by molar-refractivity contribution is -0.120. The number of carbonyl (C=O) groups excluding carboxylic acids is 2. The number of hydrogen-bond acceptors (Lipinski definition) is 2. The second-order valence-corrected chi connectivity index (χ2v) is 8.14. The van der Waals surface area contributed by atoms with Crippen LogP contribution in [0.2, 0.25) is 0 Å². The fourth-order valence-electron chi connectivity index (χ4n) is 5.16. The van der Waals surface area contributed by atoms with Gasteiger partial charge in [0.05, 0.1) is 11.7 Å². The fraction of sp³-hybridized carbons (Fsp3) is 0.333. The summed E-state index contributed by atoms with van der Waals surface area (Å²) in [5, 5.41) is 1.11. The van der Waals surface area contributed by atoms with E-state index in [2.05, 4.69) is 24.9 Å². The Hall–Kier alpha value is -3.15. The first kappa shape index (κ1) is 18.9. The Morgan fingerprint density at radius 3 is 2.47 bits per heavy atom. The molecule has 1 aromatic heterocycles. The van der Waals surface area contributed by atoms with Crippen molar-refractivity contribution >= 4 is 28.5 Å². The third kappa shape index (κ3) is 2.59. The van der Waals surface area contributed by atoms with Gasteiger partial charge < -0.3 is 9.88 Å². The Bertz CT molecular complexity index is 1130. The molecule has 154 valence electrons. The smallest absolute Gasteiger partial charge is 0.332 e. The number of hydrogen-bond donors (Lipinski definition) is 1. The fourth-order valence-corrected chi connectivity index (χ4v) is 5.16. The molecule has 5 rings (SSSR count). The Labute approximate surface area is 174 Å². The first-order valence-electron chi connectivity index (χ1n) is 10.6. The van der Waals surface area contributed by atoms with Gasteiger partial charge in [-0.05, 0) is 41.8 Å². The van der Waals surface area contributed by atoms with Crippen LogP contribution >= 0.6 is 0 Å². The maximum Gasteiger partial charge on any atom is 0.332 e. The Balaban J connectivity index is 1.66. The SMILES string of the molecule is CCC(CC)[C@@H]1c2[nH]c3ccccc3c2C[C@H]2C(=O)N(c3ccc(F)cc3)C(=O)N21. The van der Waals surface area contributed by atoms with Crippen LogP contribution in [0.1, 0.15) is 44.0 Å². The summed E-state index contributed by atoms with van der Waals surface area (Å²) in [6.45, 7) is 4.25. The van der Waals surface area contributed by atoms with Crippen molar-refractivity contribution in [2.24, 2.45) is 5.92 Å². The number of urea groups is 1. The number of fused-ring (bicyclic) bond motifs is 4. The Morgan fingerprint density at radius 2 is 1.77 bits per heavy atom. The lowest BCUT2D eigenvalue weighted by atomic mass is 9.83. The highest BCUT2D eigenvalue weighted by atomic mass is 19.1. The second kappa shape index (κ2) is 6.97. The van der Waals surface area contributed by atoms with E-state index in [-0.39, 0.29) is 23.9 Å². The van der Waals surface area contributed by atoms with Crippen molar-refractivity contribution in [3.8, 4) is 0 Å². The number of halogens is 1. The maximum absolute atomic E-state index is 13.5. The number of aromatic nitrogens is 1. The van der Waals surface area contributed by atoms with E-state index in [0.717, 1.165) is 35.0 Å². The van der Waals surface area contributed by atoms with Crippen molar-refractivity contribution in [1.82, 2.24) is 9.88 Å². The van der Waals surface area contributed by atoms with Crippen LogP contribution in [0.25, 0.3) is 10.9 Å². The van der Waals surface area contributed by atoms with Gasteiger partial charge in [0.15, 0.2) is 0 Å². The summed E-state index contributed by atoms with van der Waals surface area (Å²) in [7, 11) is 0. The number of para-hydroxylation sites is 1. The van der Waals surface area contributed by atoms with Crippen molar-refractivity contribution in [1.29, 1.82) is 0 Å². The number of amides is 3.